The lowest BCUT2D eigenvalue weighted by Crippen LogP contribution is -2.42. The highest BCUT2D eigenvalue weighted by Gasteiger charge is 2.37. The lowest BCUT2D eigenvalue weighted by Gasteiger charge is -2.25. The monoisotopic (exact) mass is 288 g/mol. The third kappa shape index (κ3) is 4.07. The number of ether oxygens (including phenoxy) is 1. The summed E-state index contributed by atoms with van der Waals surface area (Å²) in [6, 6.07) is 0. The van der Waals surface area contributed by atoms with Crippen LogP contribution in [0.4, 0.5) is 0 Å². The Hall–Kier alpha value is -0.320. The lowest BCUT2D eigenvalue weighted by molar-refractivity contribution is -0.143. The molecule has 0 unspecified atom stereocenters. The summed E-state index contributed by atoms with van der Waals surface area (Å²) in [5.74, 6) is 1.75. The number of amides is 1. The summed E-state index contributed by atoms with van der Waals surface area (Å²) in [7, 11) is 0. The van der Waals surface area contributed by atoms with Crippen LogP contribution < -0.4 is 5.73 Å². The number of carbonyl (C=O) groups is 1. The molecule has 5 heteroatoms. The molecule has 3 rings (SSSR count). The summed E-state index contributed by atoms with van der Waals surface area (Å²) in [6.07, 6.45) is 6.87. The SMILES string of the molecule is Cl.NC[C@H]1CC[C@@H](C(=O)N(CC2CC2)CC2CC2)O1. The van der Waals surface area contributed by atoms with E-state index in [9.17, 15) is 4.79 Å². The van der Waals surface area contributed by atoms with Crippen molar-refractivity contribution in [3.8, 4) is 0 Å². The van der Waals surface area contributed by atoms with Crippen molar-refractivity contribution < 1.29 is 9.53 Å². The van der Waals surface area contributed by atoms with Crippen LogP contribution in [0, 0.1) is 11.8 Å². The smallest absolute Gasteiger partial charge is 0.251 e. The Morgan fingerprint density at radius 2 is 1.63 bits per heavy atom. The van der Waals surface area contributed by atoms with Crippen molar-refractivity contribution in [2.45, 2.75) is 50.7 Å². The van der Waals surface area contributed by atoms with E-state index < -0.39 is 0 Å². The van der Waals surface area contributed by atoms with Gasteiger partial charge in [-0.1, -0.05) is 0 Å². The van der Waals surface area contributed by atoms with E-state index in [2.05, 4.69) is 4.90 Å². The van der Waals surface area contributed by atoms with Crippen molar-refractivity contribution in [3.05, 3.63) is 0 Å². The molecule has 4 nitrogen and oxygen atoms in total. The molecule has 2 N–H and O–H groups in total. The van der Waals surface area contributed by atoms with Gasteiger partial charge >= 0.3 is 0 Å². The first kappa shape index (κ1) is 15.1. The summed E-state index contributed by atoms with van der Waals surface area (Å²) in [6.45, 7) is 2.46. The maximum absolute atomic E-state index is 12.5. The van der Waals surface area contributed by atoms with E-state index in [1.54, 1.807) is 0 Å². The van der Waals surface area contributed by atoms with E-state index in [-0.39, 0.29) is 30.5 Å². The molecule has 0 aromatic heterocycles. The molecule has 0 aromatic rings. The zero-order chi connectivity index (χ0) is 12.5. The molecule has 2 aliphatic carbocycles. The molecule has 1 amide bonds. The molecule has 1 aliphatic heterocycles. The van der Waals surface area contributed by atoms with Gasteiger partial charge in [0, 0.05) is 19.6 Å². The van der Waals surface area contributed by atoms with Crippen molar-refractivity contribution in [2.24, 2.45) is 17.6 Å². The average molecular weight is 289 g/mol. The number of nitrogens with two attached hydrogens (primary N) is 1. The predicted octanol–water partition coefficient (Wildman–Crippen LogP) is 1.56. The Morgan fingerprint density at radius 1 is 1.05 bits per heavy atom. The second-order valence-electron chi connectivity index (χ2n) is 6.19. The first-order chi connectivity index (χ1) is 8.76. The van der Waals surface area contributed by atoms with Crippen molar-refractivity contribution in [1.82, 2.24) is 4.90 Å². The highest BCUT2D eigenvalue weighted by molar-refractivity contribution is 5.85. The fourth-order valence-corrected chi connectivity index (χ4v) is 2.74. The summed E-state index contributed by atoms with van der Waals surface area (Å²) in [5, 5.41) is 0. The number of hydrogen-bond acceptors (Lipinski definition) is 3. The molecule has 2 saturated carbocycles. The molecule has 2 atom stereocenters. The second kappa shape index (κ2) is 6.42. The van der Waals surface area contributed by atoms with Gasteiger partial charge in [0.1, 0.15) is 6.10 Å². The van der Waals surface area contributed by atoms with Crippen molar-refractivity contribution in [2.75, 3.05) is 19.6 Å². The van der Waals surface area contributed by atoms with Gasteiger partial charge in [-0.05, 0) is 50.4 Å². The quantitative estimate of drug-likeness (QED) is 0.807. The molecule has 3 aliphatic rings. The fourth-order valence-electron chi connectivity index (χ4n) is 2.74. The standard InChI is InChI=1S/C14H24N2O2.ClH/c15-7-12-5-6-13(18-12)14(17)16(8-10-1-2-10)9-11-3-4-11;/h10-13H,1-9,15H2;1H/t12-,13+;/m1./s1. The molecule has 19 heavy (non-hydrogen) atoms. The van der Waals surface area contributed by atoms with E-state index in [0.717, 1.165) is 37.8 Å². The van der Waals surface area contributed by atoms with Gasteiger partial charge in [0.25, 0.3) is 5.91 Å². The lowest BCUT2D eigenvalue weighted by atomic mass is 10.1. The van der Waals surface area contributed by atoms with Crippen LogP contribution in [0.5, 0.6) is 0 Å². The summed E-state index contributed by atoms with van der Waals surface area (Å²) >= 11 is 0. The molecule has 3 fully saturated rings. The minimum absolute atomic E-state index is 0. The van der Waals surface area contributed by atoms with E-state index in [4.69, 9.17) is 10.5 Å². The van der Waals surface area contributed by atoms with Gasteiger partial charge in [0.2, 0.25) is 0 Å². The van der Waals surface area contributed by atoms with Crippen molar-refractivity contribution in [1.29, 1.82) is 0 Å². The maximum Gasteiger partial charge on any atom is 0.251 e. The molecule has 0 spiro atoms. The van der Waals surface area contributed by atoms with Crippen LogP contribution in [0.2, 0.25) is 0 Å². The maximum atomic E-state index is 12.5. The molecule has 1 saturated heterocycles. The Labute approximate surface area is 121 Å². The first-order valence-electron chi connectivity index (χ1n) is 7.40. The number of rotatable bonds is 6. The molecular weight excluding hydrogens is 264 g/mol. The molecule has 0 radical (unpaired) electrons. The van der Waals surface area contributed by atoms with Crippen LogP contribution in [-0.2, 0) is 9.53 Å². The average Bonchev–Trinajstić information content (AvgIpc) is 3.29. The summed E-state index contributed by atoms with van der Waals surface area (Å²) in [4.78, 5) is 14.6. The topological polar surface area (TPSA) is 55.6 Å². The van der Waals surface area contributed by atoms with Gasteiger partial charge in [0.15, 0.2) is 0 Å². The zero-order valence-electron chi connectivity index (χ0n) is 11.4. The Morgan fingerprint density at radius 3 is 2.05 bits per heavy atom. The third-order valence-electron chi connectivity index (χ3n) is 4.31. The van der Waals surface area contributed by atoms with Crippen LogP contribution in [0.25, 0.3) is 0 Å². The zero-order valence-corrected chi connectivity index (χ0v) is 12.2. The van der Waals surface area contributed by atoms with Crippen molar-refractivity contribution >= 4 is 18.3 Å². The van der Waals surface area contributed by atoms with Crippen LogP contribution in [0.1, 0.15) is 38.5 Å². The van der Waals surface area contributed by atoms with Gasteiger partial charge < -0.3 is 15.4 Å². The van der Waals surface area contributed by atoms with Crippen LogP contribution in [0.15, 0.2) is 0 Å². The Balaban J connectivity index is 0.00000133. The van der Waals surface area contributed by atoms with E-state index in [0.29, 0.717) is 6.54 Å². The number of hydrogen-bond donors (Lipinski definition) is 1. The first-order valence-corrected chi connectivity index (χ1v) is 7.40. The molecule has 0 aromatic carbocycles. The largest absolute Gasteiger partial charge is 0.364 e. The second-order valence-corrected chi connectivity index (χ2v) is 6.19. The van der Waals surface area contributed by atoms with E-state index in [1.165, 1.54) is 25.7 Å². The molecule has 0 bridgehead atoms. The van der Waals surface area contributed by atoms with Gasteiger partial charge in [-0.25, -0.2) is 0 Å². The van der Waals surface area contributed by atoms with Crippen LogP contribution in [0.3, 0.4) is 0 Å². The minimum Gasteiger partial charge on any atom is -0.364 e. The van der Waals surface area contributed by atoms with Gasteiger partial charge in [-0.2, -0.15) is 0 Å². The summed E-state index contributed by atoms with van der Waals surface area (Å²) < 4.78 is 5.74. The van der Waals surface area contributed by atoms with Crippen molar-refractivity contribution in [3.63, 3.8) is 0 Å². The van der Waals surface area contributed by atoms with E-state index in [1.807, 2.05) is 0 Å². The minimum atomic E-state index is -0.212. The Bertz CT molecular complexity index is 305. The normalized spacial score (nSPS) is 29.9. The van der Waals surface area contributed by atoms with E-state index >= 15 is 0 Å². The summed E-state index contributed by atoms with van der Waals surface area (Å²) in [5.41, 5.74) is 5.60. The number of carbonyl (C=O) groups excluding carboxylic acids is 1. The molecular formula is C14H25ClN2O2. The van der Waals surface area contributed by atoms with Crippen LogP contribution >= 0.6 is 12.4 Å². The molecule has 110 valence electrons. The van der Waals surface area contributed by atoms with Gasteiger partial charge in [0.05, 0.1) is 6.10 Å². The molecule has 1 heterocycles. The highest BCUT2D eigenvalue weighted by Crippen LogP contribution is 2.34. The fraction of sp³-hybridized carbons (Fsp3) is 0.929. The number of halogens is 1. The number of nitrogens with zero attached hydrogens (tertiary/aromatic N) is 1. The predicted molar refractivity (Wildman–Crippen MR) is 76.2 cm³/mol. The van der Waals surface area contributed by atoms with Gasteiger partial charge in [-0.3, -0.25) is 4.79 Å². The van der Waals surface area contributed by atoms with Crippen LogP contribution in [-0.4, -0.2) is 42.6 Å². The Kier molecular flexibility index (Phi) is 5.09. The third-order valence-corrected chi connectivity index (χ3v) is 4.31. The van der Waals surface area contributed by atoms with Gasteiger partial charge in [-0.15, -0.1) is 12.4 Å². The highest BCUT2D eigenvalue weighted by atomic mass is 35.5.